The first-order chi connectivity index (χ1) is 12.9. The number of fused-ring (bicyclic) bond motifs is 2. The van der Waals surface area contributed by atoms with Crippen LogP contribution in [0.1, 0.15) is 45.4 Å². The molecule has 144 valence electrons. The van der Waals surface area contributed by atoms with Gasteiger partial charge in [-0.05, 0) is 37.5 Å². The van der Waals surface area contributed by atoms with Crippen LogP contribution in [0, 0.1) is 11.8 Å². The number of hydrogen-bond acceptors (Lipinski definition) is 5. The zero-order chi connectivity index (χ0) is 19.1. The molecular formula is C22H26O5. The molecule has 0 N–H and O–H groups in total. The lowest BCUT2D eigenvalue weighted by atomic mass is 9.85. The number of rotatable bonds is 2. The molecule has 2 bridgehead atoms. The van der Waals surface area contributed by atoms with Gasteiger partial charge in [-0.15, -0.1) is 0 Å². The largest absolute Gasteiger partial charge is 0.490 e. The summed E-state index contributed by atoms with van der Waals surface area (Å²) in [7, 11) is 0. The van der Waals surface area contributed by atoms with E-state index < -0.39 is 6.10 Å². The predicted octanol–water partition coefficient (Wildman–Crippen LogP) is 3.77. The Kier molecular flexibility index (Phi) is 4.70. The number of carbonyl (C=O) groups excluding carboxylic acids is 2. The highest BCUT2D eigenvalue weighted by Crippen LogP contribution is 2.42. The molecule has 1 unspecified atom stereocenters. The second-order valence-electron chi connectivity index (χ2n) is 8.07. The average Bonchev–Trinajstić information content (AvgIpc) is 3.30. The van der Waals surface area contributed by atoms with Crippen LogP contribution in [0.25, 0.3) is 0 Å². The van der Waals surface area contributed by atoms with Gasteiger partial charge in [0.2, 0.25) is 0 Å². The Morgan fingerprint density at radius 2 is 1.89 bits per heavy atom. The van der Waals surface area contributed by atoms with Gasteiger partial charge in [0, 0.05) is 18.4 Å². The van der Waals surface area contributed by atoms with Gasteiger partial charge in [-0.2, -0.15) is 0 Å². The fraction of sp³-hybridized carbons (Fsp3) is 0.545. The molecule has 4 atom stereocenters. The van der Waals surface area contributed by atoms with E-state index in [1.54, 1.807) is 0 Å². The molecule has 5 heteroatoms. The predicted molar refractivity (Wildman–Crippen MR) is 99.4 cm³/mol. The maximum Gasteiger partial charge on any atom is 0.334 e. The molecule has 2 aliphatic heterocycles. The van der Waals surface area contributed by atoms with Crippen molar-refractivity contribution in [1.29, 1.82) is 0 Å². The minimum Gasteiger partial charge on any atom is -0.490 e. The van der Waals surface area contributed by atoms with E-state index in [2.05, 4.69) is 13.2 Å². The Morgan fingerprint density at radius 1 is 1.15 bits per heavy atom. The van der Waals surface area contributed by atoms with E-state index in [-0.39, 0.29) is 36.0 Å². The summed E-state index contributed by atoms with van der Waals surface area (Å²) in [6, 6.07) is 0. The van der Waals surface area contributed by atoms with Crippen LogP contribution in [0.3, 0.4) is 0 Å². The van der Waals surface area contributed by atoms with E-state index in [0.717, 1.165) is 36.8 Å². The van der Waals surface area contributed by atoms with Gasteiger partial charge in [0.25, 0.3) is 0 Å². The highest BCUT2D eigenvalue weighted by Gasteiger charge is 2.44. The standard InChI is InChI=1S/C22H26O5/c1-12-8-17-10-16(22(24)26-17)11-19-20(13(2)14(3)25-19)18(9-12)27-21(23)15-6-4-5-7-15/h9-10,15,17-20H,2-8,11H2,1H3/b12-9+/t17-,18-,19?,20+/m1/s1. The quantitative estimate of drug-likeness (QED) is 0.547. The molecule has 2 fully saturated rings. The molecule has 27 heavy (non-hydrogen) atoms. The van der Waals surface area contributed by atoms with E-state index in [0.29, 0.717) is 24.2 Å². The Hall–Kier alpha value is -2.30. The van der Waals surface area contributed by atoms with Crippen molar-refractivity contribution in [3.05, 3.63) is 47.8 Å². The third kappa shape index (κ3) is 3.47. The fourth-order valence-electron chi connectivity index (χ4n) is 4.60. The number of allylic oxidation sites excluding steroid dienone is 1. The van der Waals surface area contributed by atoms with E-state index in [1.807, 2.05) is 19.1 Å². The van der Waals surface area contributed by atoms with Crippen molar-refractivity contribution in [2.24, 2.45) is 11.8 Å². The second-order valence-corrected chi connectivity index (χ2v) is 8.07. The first-order valence-electron chi connectivity index (χ1n) is 9.76. The third-order valence-electron chi connectivity index (χ3n) is 6.05. The molecule has 2 aliphatic carbocycles. The molecule has 0 aromatic rings. The summed E-state index contributed by atoms with van der Waals surface area (Å²) >= 11 is 0. The number of hydrogen-bond donors (Lipinski definition) is 0. The molecule has 5 nitrogen and oxygen atoms in total. The lowest BCUT2D eigenvalue weighted by molar-refractivity contribution is -0.154. The van der Waals surface area contributed by atoms with Crippen LogP contribution in [-0.2, 0) is 23.8 Å². The Morgan fingerprint density at radius 3 is 2.63 bits per heavy atom. The highest BCUT2D eigenvalue weighted by atomic mass is 16.6. The van der Waals surface area contributed by atoms with Gasteiger partial charge in [0.05, 0.1) is 11.8 Å². The lowest BCUT2D eigenvalue weighted by Crippen LogP contribution is -2.34. The van der Waals surface area contributed by atoms with Gasteiger partial charge in [-0.25, -0.2) is 4.79 Å². The summed E-state index contributed by atoms with van der Waals surface area (Å²) in [4.78, 5) is 24.9. The van der Waals surface area contributed by atoms with Crippen LogP contribution < -0.4 is 0 Å². The minimum absolute atomic E-state index is 0.0184. The van der Waals surface area contributed by atoms with Crippen LogP contribution in [0.15, 0.2) is 47.8 Å². The number of carbonyl (C=O) groups is 2. The van der Waals surface area contributed by atoms with Gasteiger partial charge in [-0.1, -0.05) is 31.6 Å². The minimum atomic E-state index is -0.469. The zero-order valence-electron chi connectivity index (χ0n) is 15.7. The Balaban J connectivity index is 1.65. The Labute approximate surface area is 159 Å². The van der Waals surface area contributed by atoms with E-state index in [9.17, 15) is 9.59 Å². The SMILES string of the molecule is C=C1OC2CC3=C[C@@H](C/C(C)=C/[C@@H](OC(=O)C4CCCC4)[C@@H]2C1=C)OC3=O. The van der Waals surface area contributed by atoms with E-state index in [1.165, 1.54) is 0 Å². The van der Waals surface area contributed by atoms with Crippen molar-refractivity contribution in [2.45, 2.75) is 63.8 Å². The third-order valence-corrected chi connectivity index (χ3v) is 6.05. The first kappa shape index (κ1) is 18.1. The summed E-state index contributed by atoms with van der Waals surface area (Å²) in [6.45, 7) is 10.0. The number of esters is 2. The molecule has 0 aromatic carbocycles. The van der Waals surface area contributed by atoms with Crippen molar-refractivity contribution in [3.8, 4) is 0 Å². The molecule has 4 aliphatic rings. The second kappa shape index (κ2) is 7.02. The van der Waals surface area contributed by atoms with Gasteiger partial charge in [-0.3, -0.25) is 4.79 Å². The maximum atomic E-state index is 12.7. The van der Waals surface area contributed by atoms with Gasteiger partial charge < -0.3 is 14.2 Å². The first-order valence-corrected chi connectivity index (χ1v) is 9.76. The van der Waals surface area contributed by atoms with Crippen molar-refractivity contribution >= 4 is 11.9 Å². The van der Waals surface area contributed by atoms with Crippen molar-refractivity contribution in [2.75, 3.05) is 0 Å². The summed E-state index contributed by atoms with van der Waals surface area (Å²) < 4.78 is 17.3. The van der Waals surface area contributed by atoms with Crippen molar-refractivity contribution in [3.63, 3.8) is 0 Å². The normalized spacial score (nSPS) is 35.7. The van der Waals surface area contributed by atoms with Gasteiger partial charge >= 0.3 is 11.9 Å². The highest BCUT2D eigenvalue weighted by molar-refractivity contribution is 5.91. The molecular weight excluding hydrogens is 344 g/mol. The lowest BCUT2D eigenvalue weighted by Gasteiger charge is -2.27. The van der Waals surface area contributed by atoms with Crippen molar-refractivity contribution < 1.29 is 23.8 Å². The topological polar surface area (TPSA) is 61.8 Å². The molecule has 1 saturated carbocycles. The molecule has 0 aromatic heterocycles. The molecule has 0 spiro atoms. The molecule has 2 heterocycles. The maximum absolute atomic E-state index is 12.7. The summed E-state index contributed by atoms with van der Waals surface area (Å²) in [6.07, 6.45) is 7.72. The summed E-state index contributed by atoms with van der Waals surface area (Å²) in [5, 5.41) is 0. The molecule has 4 rings (SSSR count). The van der Waals surface area contributed by atoms with E-state index in [4.69, 9.17) is 14.2 Å². The van der Waals surface area contributed by atoms with Crippen LogP contribution in [0.4, 0.5) is 0 Å². The Bertz CT molecular complexity index is 753. The van der Waals surface area contributed by atoms with Crippen LogP contribution in [-0.4, -0.2) is 30.3 Å². The van der Waals surface area contributed by atoms with Crippen LogP contribution >= 0.6 is 0 Å². The van der Waals surface area contributed by atoms with Crippen molar-refractivity contribution in [1.82, 2.24) is 0 Å². The molecule has 0 radical (unpaired) electrons. The van der Waals surface area contributed by atoms with E-state index >= 15 is 0 Å². The summed E-state index contributed by atoms with van der Waals surface area (Å²) in [5.74, 6) is -0.198. The average molecular weight is 370 g/mol. The summed E-state index contributed by atoms with van der Waals surface area (Å²) in [5.41, 5.74) is 2.37. The smallest absolute Gasteiger partial charge is 0.334 e. The fourth-order valence-corrected chi connectivity index (χ4v) is 4.60. The van der Waals surface area contributed by atoms with Gasteiger partial charge in [0.1, 0.15) is 24.1 Å². The monoisotopic (exact) mass is 370 g/mol. The molecule has 1 saturated heterocycles. The zero-order valence-corrected chi connectivity index (χ0v) is 15.7. The van der Waals surface area contributed by atoms with Gasteiger partial charge in [0.15, 0.2) is 0 Å². The van der Waals surface area contributed by atoms with Crippen LogP contribution in [0.2, 0.25) is 0 Å². The number of ether oxygens (including phenoxy) is 3. The molecule has 0 amide bonds. The van der Waals surface area contributed by atoms with Crippen LogP contribution in [0.5, 0.6) is 0 Å².